The fourth-order valence-electron chi connectivity index (χ4n) is 6.83. The Balaban J connectivity index is 1.30. The van der Waals surface area contributed by atoms with Crippen LogP contribution in [0.4, 0.5) is 52.5 Å². The number of urea groups is 1. The third-order valence-electron chi connectivity index (χ3n) is 9.77. The predicted molar refractivity (Wildman–Crippen MR) is 191 cm³/mol. The number of piperazine rings is 1. The van der Waals surface area contributed by atoms with Crippen LogP contribution >= 0.6 is 0 Å². The number of carbonyl (C=O) groups excluding carboxylic acids is 2. The molecule has 3 aliphatic heterocycles. The number of hydrogen-bond donors (Lipinski definition) is 2. The second-order valence-corrected chi connectivity index (χ2v) is 13.4. The highest BCUT2D eigenvalue weighted by atomic mass is 19.4. The number of alkyl halides is 3. The van der Waals surface area contributed by atoms with Gasteiger partial charge in [-0.1, -0.05) is 6.58 Å². The monoisotopic (exact) mass is 707 g/mol. The number of carbonyl (C=O) groups is 2. The van der Waals surface area contributed by atoms with Gasteiger partial charge in [0.05, 0.1) is 42.0 Å². The number of likely N-dealkylation sites (N-methyl/N-ethyl adjacent to an activating group) is 1. The van der Waals surface area contributed by atoms with Gasteiger partial charge in [-0.05, 0) is 70.1 Å². The number of ether oxygens (including phenoxy) is 1. The second kappa shape index (κ2) is 14.8. The number of fused-ring (bicyclic) bond motifs is 1. The Labute approximate surface area is 295 Å². The summed E-state index contributed by atoms with van der Waals surface area (Å²) < 4.78 is 45.9. The molecule has 4 heterocycles. The van der Waals surface area contributed by atoms with E-state index in [1.807, 2.05) is 19.9 Å². The lowest BCUT2D eigenvalue weighted by atomic mass is 10.0. The van der Waals surface area contributed by atoms with Crippen LogP contribution in [0.2, 0.25) is 0 Å². The minimum atomic E-state index is -4.52. The molecule has 0 atom stereocenters. The molecule has 0 unspecified atom stereocenters. The number of anilines is 6. The van der Waals surface area contributed by atoms with Gasteiger partial charge in [-0.3, -0.25) is 9.69 Å². The smallest absolute Gasteiger partial charge is 0.416 e. The first-order valence-electron chi connectivity index (χ1n) is 17.1. The minimum absolute atomic E-state index is 0.122. The van der Waals surface area contributed by atoms with Gasteiger partial charge < -0.3 is 30.1 Å². The van der Waals surface area contributed by atoms with Crippen molar-refractivity contribution >= 4 is 46.5 Å². The van der Waals surface area contributed by atoms with Crippen LogP contribution in [0.25, 0.3) is 0 Å². The highest BCUT2D eigenvalue weighted by molar-refractivity contribution is 6.03. The van der Waals surface area contributed by atoms with Crippen molar-refractivity contribution in [1.82, 2.24) is 24.7 Å². The zero-order chi connectivity index (χ0) is 36.4. The molecule has 6 rings (SSSR count). The molecule has 12 nitrogen and oxygen atoms in total. The molecule has 3 amide bonds. The van der Waals surface area contributed by atoms with Crippen molar-refractivity contribution in [2.45, 2.75) is 51.5 Å². The highest BCUT2D eigenvalue weighted by Crippen LogP contribution is 2.41. The summed E-state index contributed by atoms with van der Waals surface area (Å²) in [4.78, 5) is 45.6. The molecule has 2 N–H and O–H groups in total. The van der Waals surface area contributed by atoms with Crippen LogP contribution in [0, 0.1) is 0 Å². The largest absolute Gasteiger partial charge is 0.494 e. The van der Waals surface area contributed by atoms with E-state index in [1.165, 1.54) is 23.1 Å². The molecule has 0 radical (unpaired) electrons. The number of nitrogens with zero attached hydrogens (tertiary/aromatic N) is 7. The van der Waals surface area contributed by atoms with Crippen molar-refractivity contribution in [2.75, 3.05) is 73.9 Å². The van der Waals surface area contributed by atoms with Crippen LogP contribution < -0.4 is 25.2 Å². The molecular weight excluding hydrogens is 663 g/mol. The molecule has 1 aromatic heterocycles. The molecular formula is C36H44F3N9O3. The van der Waals surface area contributed by atoms with E-state index < -0.39 is 17.8 Å². The SMILES string of the molecule is C=CC(=O)Nc1cc(Nc2ncc3c(n2)N(c2ccc(C(F)(F)F)cc2)C(=O)N(C(C)C)C3)c(OC)cc1N1CCC(N2CCN(C)CC2)CC1. The first kappa shape index (κ1) is 35.9. The molecule has 15 heteroatoms. The minimum Gasteiger partial charge on any atom is -0.494 e. The van der Waals surface area contributed by atoms with Gasteiger partial charge in [-0.15, -0.1) is 0 Å². The van der Waals surface area contributed by atoms with E-state index in [4.69, 9.17) is 9.72 Å². The van der Waals surface area contributed by atoms with Crippen LogP contribution in [-0.4, -0.2) is 102 Å². The van der Waals surface area contributed by atoms with E-state index in [2.05, 4.69) is 43.9 Å². The Morgan fingerprint density at radius 1 is 1.04 bits per heavy atom. The molecule has 2 saturated heterocycles. The van der Waals surface area contributed by atoms with Crippen LogP contribution in [0.1, 0.15) is 37.8 Å². The fourth-order valence-corrected chi connectivity index (χ4v) is 6.83. The summed E-state index contributed by atoms with van der Waals surface area (Å²) in [6, 6.07) is 7.92. The molecule has 51 heavy (non-hydrogen) atoms. The molecule has 3 aliphatic rings. The number of nitrogens with one attached hydrogen (secondary N) is 2. The zero-order valence-electron chi connectivity index (χ0n) is 29.3. The van der Waals surface area contributed by atoms with Gasteiger partial charge in [0.15, 0.2) is 5.82 Å². The first-order valence-corrected chi connectivity index (χ1v) is 17.1. The second-order valence-electron chi connectivity index (χ2n) is 13.4. The van der Waals surface area contributed by atoms with E-state index in [0.717, 1.165) is 69.9 Å². The van der Waals surface area contributed by atoms with Crippen molar-refractivity contribution in [2.24, 2.45) is 0 Å². The Morgan fingerprint density at radius 2 is 1.73 bits per heavy atom. The standard InChI is InChI=1S/C36H44F3N9O3/c1-6-32(49)41-28-19-29(31(51-5)20-30(28)46-13-11-26(12-14-46)45-17-15-44(4)16-18-45)42-34-40-21-24-22-47(23(2)3)35(50)48(33(24)43-34)27-9-7-25(8-10-27)36(37,38)39/h6-10,19-21,23,26H,1,11-18,22H2,2-5H3,(H,41,49)(H,40,42,43). The average Bonchev–Trinajstić information content (AvgIpc) is 3.11. The molecule has 0 saturated carbocycles. The summed E-state index contributed by atoms with van der Waals surface area (Å²) in [5, 5.41) is 6.12. The maximum Gasteiger partial charge on any atom is 0.416 e. The Morgan fingerprint density at radius 3 is 2.33 bits per heavy atom. The van der Waals surface area contributed by atoms with Crippen LogP contribution in [0.15, 0.2) is 55.3 Å². The van der Waals surface area contributed by atoms with E-state index >= 15 is 0 Å². The van der Waals surface area contributed by atoms with Crippen molar-refractivity contribution in [3.05, 3.63) is 66.4 Å². The average molecular weight is 708 g/mol. The molecule has 272 valence electrons. The van der Waals surface area contributed by atoms with E-state index in [1.54, 1.807) is 24.3 Å². The van der Waals surface area contributed by atoms with Gasteiger partial charge in [-0.25, -0.2) is 14.7 Å². The number of methoxy groups -OCH3 is 1. The maximum absolute atomic E-state index is 13.7. The summed E-state index contributed by atoms with van der Waals surface area (Å²) in [5.74, 6) is 0.473. The highest BCUT2D eigenvalue weighted by Gasteiger charge is 2.36. The summed E-state index contributed by atoms with van der Waals surface area (Å²) in [5.41, 5.74) is 1.85. The van der Waals surface area contributed by atoms with Crippen LogP contribution in [0.3, 0.4) is 0 Å². The van der Waals surface area contributed by atoms with Gasteiger partial charge in [0.1, 0.15) is 5.75 Å². The Kier molecular flexibility index (Phi) is 10.4. The summed E-state index contributed by atoms with van der Waals surface area (Å²) in [7, 11) is 3.70. The van der Waals surface area contributed by atoms with E-state index in [9.17, 15) is 22.8 Å². The van der Waals surface area contributed by atoms with Crippen molar-refractivity contribution in [3.8, 4) is 5.75 Å². The number of benzene rings is 2. The van der Waals surface area contributed by atoms with E-state index in [-0.39, 0.29) is 35.9 Å². The van der Waals surface area contributed by atoms with E-state index in [0.29, 0.717) is 28.7 Å². The Hall–Kier alpha value is -4.89. The number of halogens is 3. The summed E-state index contributed by atoms with van der Waals surface area (Å²) in [6.07, 6.45) is 0.263. The number of piperidine rings is 1. The molecule has 0 aliphatic carbocycles. The van der Waals surface area contributed by atoms with Crippen LogP contribution in [0.5, 0.6) is 5.75 Å². The van der Waals surface area contributed by atoms with Gasteiger partial charge >= 0.3 is 12.2 Å². The van der Waals surface area contributed by atoms with Crippen LogP contribution in [-0.2, 0) is 17.5 Å². The van der Waals surface area contributed by atoms with Gasteiger partial charge in [0, 0.05) is 69.2 Å². The van der Waals surface area contributed by atoms with Gasteiger partial charge in [0.25, 0.3) is 0 Å². The number of hydrogen-bond acceptors (Lipinski definition) is 9. The quantitative estimate of drug-likeness (QED) is 0.256. The third-order valence-corrected chi connectivity index (χ3v) is 9.77. The molecule has 0 spiro atoms. The number of rotatable bonds is 9. The topological polar surface area (TPSA) is 109 Å². The maximum atomic E-state index is 13.7. The lowest BCUT2D eigenvalue weighted by molar-refractivity contribution is -0.137. The fraction of sp³-hybridized carbons (Fsp3) is 0.444. The molecule has 0 bridgehead atoms. The summed E-state index contributed by atoms with van der Waals surface area (Å²) in [6.45, 7) is 13.4. The third kappa shape index (κ3) is 7.73. The molecule has 2 fully saturated rings. The van der Waals surface area contributed by atoms with Crippen molar-refractivity contribution in [1.29, 1.82) is 0 Å². The Bertz CT molecular complexity index is 1750. The normalized spacial score (nSPS) is 17.8. The van der Waals surface area contributed by atoms with Crippen molar-refractivity contribution in [3.63, 3.8) is 0 Å². The number of aromatic nitrogens is 2. The molecule has 2 aromatic carbocycles. The predicted octanol–water partition coefficient (Wildman–Crippen LogP) is 6.07. The lowest BCUT2D eigenvalue weighted by Gasteiger charge is -2.43. The van der Waals surface area contributed by atoms with Gasteiger partial charge in [-0.2, -0.15) is 18.2 Å². The van der Waals surface area contributed by atoms with Gasteiger partial charge in [0.2, 0.25) is 11.9 Å². The lowest BCUT2D eigenvalue weighted by Crippen LogP contribution is -2.52. The number of amides is 3. The first-order chi connectivity index (χ1) is 24.4. The zero-order valence-corrected chi connectivity index (χ0v) is 29.3. The molecule has 3 aromatic rings. The summed E-state index contributed by atoms with van der Waals surface area (Å²) >= 11 is 0. The van der Waals surface area contributed by atoms with Crippen molar-refractivity contribution < 1.29 is 27.5 Å².